The maximum absolute atomic E-state index is 11.1. The Balaban J connectivity index is 1.74. The quantitative estimate of drug-likeness (QED) is 0.847. The van der Waals surface area contributed by atoms with Crippen LogP contribution in [0, 0.1) is 5.92 Å². The van der Waals surface area contributed by atoms with E-state index >= 15 is 0 Å². The molecule has 108 valence electrons. The van der Waals surface area contributed by atoms with Crippen molar-refractivity contribution in [1.82, 2.24) is 10.2 Å². The fourth-order valence-corrected chi connectivity index (χ4v) is 2.77. The molecule has 1 saturated heterocycles. The van der Waals surface area contributed by atoms with Gasteiger partial charge in [0, 0.05) is 18.1 Å². The van der Waals surface area contributed by atoms with E-state index in [1.165, 1.54) is 11.6 Å². The number of benzene rings is 1. The van der Waals surface area contributed by atoms with Crippen molar-refractivity contribution in [2.75, 3.05) is 19.6 Å². The lowest BCUT2D eigenvalue weighted by Crippen LogP contribution is -2.37. The van der Waals surface area contributed by atoms with E-state index in [9.17, 15) is 4.79 Å². The van der Waals surface area contributed by atoms with E-state index in [2.05, 4.69) is 22.9 Å². The zero-order valence-corrected chi connectivity index (χ0v) is 12.4. The molecule has 0 bridgehead atoms. The van der Waals surface area contributed by atoms with Gasteiger partial charge in [-0.15, -0.1) is 0 Å². The summed E-state index contributed by atoms with van der Waals surface area (Å²) in [5, 5.41) is 3.68. The molecule has 0 aromatic heterocycles. The maximum Gasteiger partial charge on any atom is 0.243 e. The van der Waals surface area contributed by atoms with Gasteiger partial charge in [-0.3, -0.25) is 9.69 Å². The molecule has 1 aliphatic rings. The average molecular weight is 293 g/mol. The zero-order valence-electron chi connectivity index (χ0n) is 11.6. The molecule has 1 aromatic carbocycles. The van der Waals surface area contributed by atoms with Crippen LogP contribution in [0.5, 0.6) is 0 Å². The molecule has 1 aliphatic heterocycles. The highest BCUT2D eigenvalue weighted by atomic mass is 35.5. The molecular formula is C16H21ClN2O. The topological polar surface area (TPSA) is 32.3 Å². The number of rotatable bonds is 5. The SMILES string of the molecule is C=CC(=O)NCC1CCN(Cc2cccc(Cl)c2)CC1. The molecule has 0 atom stereocenters. The molecule has 0 aliphatic carbocycles. The van der Waals surface area contributed by atoms with Crippen molar-refractivity contribution < 1.29 is 4.79 Å². The molecule has 1 amide bonds. The number of carbonyl (C=O) groups excluding carboxylic acids is 1. The Morgan fingerprint density at radius 3 is 2.85 bits per heavy atom. The smallest absolute Gasteiger partial charge is 0.243 e. The minimum absolute atomic E-state index is 0.0774. The highest BCUT2D eigenvalue weighted by molar-refractivity contribution is 6.30. The fraction of sp³-hybridized carbons (Fsp3) is 0.438. The summed E-state index contributed by atoms with van der Waals surface area (Å²) in [6.07, 6.45) is 3.57. The van der Waals surface area contributed by atoms with Crippen LogP contribution in [0.4, 0.5) is 0 Å². The molecule has 0 radical (unpaired) electrons. The zero-order chi connectivity index (χ0) is 14.4. The molecule has 20 heavy (non-hydrogen) atoms. The summed E-state index contributed by atoms with van der Waals surface area (Å²) in [6.45, 7) is 7.31. The van der Waals surface area contributed by atoms with E-state index in [4.69, 9.17) is 11.6 Å². The predicted octanol–water partition coefficient (Wildman–Crippen LogP) is 2.85. The van der Waals surface area contributed by atoms with Crippen molar-refractivity contribution in [3.63, 3.8) is 0 Å². The third kappa shape index (κ3) is 4.66. The van der Waals surface area contributed by atoms with Crippen LogP contribution in [-0.2, 0) is 11.3 Å². The van der Waals surface area contributed by atoms with Gasteiger partial charge >= 0.3 is 0 Å². The van der Waals surface area contributed by atoms with Crippen molar-refractivity contribution in [3.05, 3.63) is 47.5 Å². The van der Waals surface area contributed by atoms with Crippen LogP contribution in [0.3, 0.4) is 0 Å². The summed E-state index contributed by atoms with van der Waals surface area (Å²) in [4.78, 5) is 13.6. The van der Waals surface area contributed by atoms with E-state index in [1.54, 1.807) is 0 Å². The highest BCUT2D eigenvalue weighted by Crippen LogP contribution is 2.19. The number of likely N-dealkylation sites (tertiary alicyclic amines) is 1. The first-order valence-corrected chi connectivity index (χ1v) is 7.42. The number of piperidine rings is 1. The highest BCUT2D eigenvalue weighted by Gasteiger charge is 2.19. The lowest BCUT2D eigenvalue weighted by Gasteiger charge is -2.32. The van der Waals surface area contributed by atoms with Crippen LogP contribution in [0.1, 0.15) is 18.4 Å². The van der Waals surface area contributed by atoms with Crippen molar-refractivity contribution >= 4 is 17.5 Å². The molecular weight excluding hydrogens is 272 g/mol. The van der Waals surface area contributed by atoms with Gasteiger partial charge in [0.25, 0.3) is 0 Å². The maximum atomic E-state index is 11.1. The van der Waals surface area contributed by atoms with Gasteiger partial charge in [-0.05, 0) is 55.6 Å². The predicted molar refractivity (Wildman–Crippen MR) is 82.7 cm³/mol. The molecule has 1 heterocycles. The van der Waals surface area contributed by atoms with Gasteiger partial charge in [0.05, 0.1) is 0 Å². The Bertz CT molecular complexity index is 467. The van der Waals surface area contributed by atoms with Gasteiger partial charge in [-0.25, -0.2) is 0 Å². The van der Waals surface area contributed by atoms with Gasteiger partial charge in [0.1, 0.15) is 0 Å². The third-order valence-corrected chi connectivity index (χ3v) is 3.99. The number of nitrogens with one attached hydrogen (secondary N) is 1. The summed E-state index contributed by atoms with van der Waals surface area (Å²) in [5.74, 6) is 0.501. The minimum Gasteiger partial charge on any atom is -0.352 e. The van der Waals surface area contributed by atoms with E-state index in [0.717, 1.165) is 44.0 Å². The van der Waals surface area contributed by atoms with Crippen LogP contribution in [0.15, 0.2) is 36.9 Å². The third-order valence-electron chi connectivity index (χ3n) is 3.75. The lowest BCUT2D eigenvalue weighted by molar-refractivity contribution is -0.116. The summed E-state index contributed by atoms with van der Waals surface area (Å²) in [5.41, 5.74) is 1.26. The Morgan fingerprint density at radius 1 is 1.45 bits per heavy atom. The Morgan fingerprint density at radius 2 is 2.20 bits per heavy atom. The molecule has 2 rings (SSSR count). The number of nitrogens with zero attached hydrogens (tertiary/aromatic N) is 1. The van der Waals surface area contributed by atoms with Gasteiger partial charge in [-0.1, -0.05) is 30.3 Å². The molecule has 0 saturated carbocycles. The van der Waals surface area contributed by atoms with Crippen LogP contribution in [-0.4, -0.2) is 30.4 Å². The standard InChI is InChI=1S/C16H21ClN2O/c1-2-16(20)18-11-13-6-8-19(9-7-13)12-14-4-3-5-15(17)10-14/h2-5,10,13H,1,6-9,11-12H2,(H,18,20). The molecule has 0 spiro atoms. The van der Waals surface area contributed by atoms with Crippen molar-refractivity contribution in [2.24, 2.45) is 5.92 Å². The van der Waals surface area contributed by atoms with Gasteiger partial charge in [0.2, 0.25) is 5.91 Å². The number of halogens is 1. The molecule has 4 heteroatoms. The van der Waals surface area contributed by atoms with Crippen LogP contribution >= 0.6 is 11.6 Å². The second kappa shape index (κ2) is 7.46. The molecule has 1 fully saturated rings. The first kappa shape index (κ1) is 15.1. The monoisotopic (exact) mass is 292 g/mol. The second-order valence-corrected chi connectivity index (χ2v) is 5.74. The normalized spacial score (nSPS) is 16.9. The Labute approximate surface area is 125 Å². The van der Waals surface area contributed by atoms with Crippen molar-refractivity contribution in [1.29, 1.82) is 0 Å². The number of hydrogen-bond acceptors (Lipinski definition) is 2. The minimum atomic E-state index is -0.0774. The van der Waals surface area contributed by atoms with E-state index in [0.29, 0.717) is 5.92 Å². The van der Waals surface area contributed by atoms with Gasteiger partial charge in [-0.2, -0.15) is 0 Å². The molecule has 0 unspecified atom stereocenters. The van der Waals surface area contributed by atoms with Gasteiger partial charge < -0.3 is 5.32 Å². The summed E-state index contributed by atoms with van der Waals surface area (Å²) >= 11 is 6.00. The van der Waals surface area contributed by atoms with E-state index in [-0.39, 0.29) is 5.91 Å². The summed E-state index contributed by atoms with van der Waals surface area (Å²) < 4.78 is 0. The van der Waals surface area contributed by atoms with Gasteiger partial charge in [0.15, 0.2) is 0 Å². The molecule has 1 N–H and O–H groups in total. The molecule has 1 aromatic rings. The van der Waals surface area contributed by atoms with Crippen molar-refractivity contribution in [2.45, 2.75) is 19.4 Å². The summed E-state index contributed by atoms with van der Waals surface area (Å²) in [6, 6.07) is 8.04. The number of carbonyl (C=O) groups is 1. The number of hydrogen-bond donors (Lipinski definition) is 1. The Hall–Kier alpha value is -1.32. The van der Waals surface area contributed by atoms with Crippen LogP contribution in [0.2, 0.25) is 5.02 Å². The van der Waals surface area contributed by atoms with Crippen LogP contribution in [0.25, 0.3) is 0 Å². The average Bonchev–Trinajstić information content (AvgIpc) is 2.46. The Kier molecular flexibility index (Phi) is 5.62. The van der Waals surface area contributed by atoms with Crippen LogP contribution < -0.4 is 5.32 Å². The first-order valence-electron chi connectivity index (χ1n) is 7.04. The second-order valence-electron chi connectivity index (χ2n) is 5.30. The first-order chi connectivity index (χ1) is 9.67. The van der Waals surface area contributed by atoms with E-state index in [1.807, 2.05) is 18.2 Å². The molecule has 3 nitrogen and oxygen atoms in total. The largest absolute Gasteiger partial charge is 0.352 e. The number of amides is 1. The summed E-state index contributed by atoms with van der Waals surface area (Å²) in [7, 11) is 0. The fourth-order valence-electron chi connectivity index (χ4n) is 2.56. The lowest BCUT2D eigenvalue weighted by atomic mass is 9.96. The van der Waals surface area contributed by atoms with E-state index < -0.39 is 0 Å². The van der Waals surface area contributed by atoms with Crippen molar-refractivity contribution in [3.8, 4) is 0 Å².